The topological polar surface area (TPSA) is 12.0 Å². The normalized spacial score (nSPS) is 18.7. The first-order chi connectivity index (χ1) is 8.19. The lowest BCUT2D eigenvalue weighted by Crippen LogP contribution is -2.37. The minimum absolute atomic E-state index is 0.394. The number of benzene rings is 1. The molecule has 0 saturated heterocycles. The van der Waals surface area contributed by atoms with E-state index in [1.807, 2.05) is 0 Å². The van der Waals surface area contributed by atoms with Crippen LogP contribution in [0.1, 0.15) is 38.2 Å². The molecule has 17 heavy (non-hydrogen) atoms. The lowest BCUT2D eigenvalue weighted by Gasteiger charge is -2.27. The fourth-order valence-electron chi connectivity index (χ4n) is 2.83. The number of nitrogens with one attached hydrogen (secondary N) is 1. The molecule has 1 unspecified atom stereocenters. The summed E-state index contributed by atoms with van der Waals surface area (Å²) in [6.45, 7) is 6.13. The second kappa shape index (κ2) is 5.05. The zero-order chi connectivity index (χ0) is 12.3. The summed E-state index contributed by atoms with van der Waals surface area (Å²) in [4.78, 5) is 0. The Morgan fingerprint density at radius 2 is 2.00 bits per heavy atom. The van der Waals surface area contributed by atoms with Crippen molar-refractivity contribution in [2.45, 2.75) is 44.1 Å². The van der Waals surface area contributed by atoms with Gasteiger partial charge in [-0.15, -0.1) is 6.58 Å². The van der Waals surface area contributed by atoms with Gasteiger partial charge >= 0.3 is 0 Å². The van der Waals surface area contributed by atoms with Crippen LogP contribution in [0.15, 0.2) is 42.5 Å². The average molecular weight is 229 g/mol. The van der Waals surface area contributed by atoms with Gasteiger partial charge in [-0.25, -0.2) is 0 Å². The summed E-state index contributed by atoms with van der Waals surface area (Å²) in [5.74, 6) is 0. The third-order valence-electron chi connectivity index (χ3n) is 4.01. The second-order valence-electron chi connectivity index (χ2n) is 5.36. The van der Waals surface area contributed by atoms with E-state index in [0.29, 0.717) is 11.5 Å². The molecule has 1 fully saturated rings. The quantitative estimate of drug-likeness (QED) is 0.734. The standard InChI is InChI=1S/C16H23N/c1-13(2)9-10-15(17-3)16(11-12-16)14-7-5-4-6-8-14/h4-8,15,17H,1,9-12H2,2-3H3. The van der Waals surface area contributed by atoms with E-state index < -0.39 is 0 Å². The molecule has 0 spiro atoms. The number of hydrogen-bond acceptors (Lipinski definition) is 1. The predicted octanol–water partition coefficient (Wildman–Crippen LogP) is 3.66. The van der Waals surface area contributed by atoms with Gasteiger partial charge in [0.25, 0.3) is 0 Å². The van der Waals surface area contributed by atoms with Gasteiger partial charge in [0.2, 0.25) is 0 Å². The summed E-state index contributed by atoms with van der Waals surface area (Å²) < 4.78 is 0. The Labute approximate surface area is 105 Å². The Balaban J connectivity index is 2.11. The maximum atomic E-state index is 4.01. The largest absolute Gasteiger partial charge is 0.316 e. The highest BCUT2D eigenvalue weighted by Gasteiger charge is 2.49. The van der Waals surface area contributed by atoms with Crippen LogP contribution in [0.25, 0.3) is 0 Å². The number of likely N-dealkylation sites (N-methyl/N-ethyl adjacent to an activating group) is 1. The Morgan fingerprint density at radius 1 is 1.35 bits per heavy atom. The molecule has 0 bridgehead atoms. The van der Waals surface area contributed by atoms with E-state index >= 15 is 0 Å². The highest BCUT2D eigenvalue weighted by atomic mass is 14.9. The molecule has 0 radical (unpaired) electrons. The van der Waals surface area contributed by atoms with Crippen LogP contribution < -0.4 is 5.32 Å². The zero-order valence-corrected chi connectivity index (χ0v) is 11.0. The lowest BCUT2D eigenvalue weighted by molar-refractivity contribution is 0.418. The minimum Gasteiger partial charge on any atom is -0.316 e. The molecule has 1 N–H and O–H groups in total. The minimum atomic E-state index is 0.394. The van der Waals surface area contributed by atoms with Crippen LogP contribution >= 0.6 is 0 Å². The molecule has 1 heteroatoms. The van der Waals surface area contributed by atoms with Gasteiger partial charge in [0.15, 0.2) is 0 Å². The number of rotatable bonds is 6. The van der Waals surface area contributed by atoms with Crippen molar-refractivity contribution in [1.29, 1.82) is 0 Å². The van der Waals surface area contributed by atoms with Gasteiger partial charge < -0.3 is 5.32 Å². The van der Waals surface area contributed by atoms with Gasteiger partial charge in [0, 0.05) is 11.5 Å². The summed E-state index contributed by atoms with van der Waals surface area (Å²) in [5, 5.41) is 3.52. The van der Waals surface area contributed by atoms with Gasteiger partial charge in [-0.3, -0.25) is 0 Å². The van der Waals surface area contributed by atoms with Crippen molar-refractivity contribution in [2.24, 2.45) is 0 Å². The highest BCUT2D eigenvalue weighted by molar-refractivity contribution is 5.33. The van der Waals surface area contributed by atoms with Crippen LogP contribution in [0.5, 0.6) is 0 Å². The van der Waals surface area contributed by atoms with E-state index in [2.05, 4.69) is 56.2 Å². The van der Waals surface area contributed by atoms with Crippen LogP contribution in [0, 0.1) is 0 Å². The second-order valence-corrected chi connectivity index (χ2v) is 5.36. The summed E-state index contributed by atoms with van der Waals surface area (Å²) in [6, 6.07) is 11.5. The summed E-state index contributed by atoms with van der Waals surface area (Å²) in [7, 11) is 2.09. The summed E-state index contributed by atoms with van der Waals surface area (Å²) in [6.07, 6.45) is 4.96. The molecule has 0 aromatic heterocycles. The first-order valence-electron chi connectivity index (χ1n) is 6.56. The molecule has 0 aliphatic heterocycles. The van der Waals surface area contributed by atoms with Gasteiger partial charge in [-0.2, -0.15) is 0 Å². The van der Waals surface area contributed by atoms with Gasteiger partial charge in [0.1, 0.15) is 0 Å². The van der Waals surface area contributed by atoms with Crippen molar-refractivity contribution in [3.8, 4) is 0 Å². The Hall–Kier alpha value is -1.08. The van der Waals surface area contributed by atoms with Crippen molar-refractivity contribution in [2.75, 3.05) is 7.05 Å². The van der Waals surface area contributed by atoms with Crippen molar-refractivity contribution >= 4 is 0 Å². The molecule has 1 aliphatic carbocycles. The van der Waals surface area contributed by atoms with Crippen molar-refractivity contribution in [3.05, 3.63) is 48.0 Å². The molecule has 1 aromatic rings. The van der Waals surface area contributed by atoms with E-state index in [4.69, 9.17) is 0 Å². The van der Waals surface area contributed by atoms with E-state index in [1.165, 1.54) is 30.4 Å². The number of allylic oxidation sites excluding steroid dienone is 1. The lowest BCUT2D eigenvalue weighted by atomic mass is 9.85. The maximum Gasteiger partial charge on any atom is 0.0164 e. The molecule has 1 saturated carbocycles. The first-order valence-corrected chi connectivity index (χ1v) is 6.56. The molecular formula is C16H23N. The Morgan fingerprint density at radius 3 is 2.47 bits per heavy atom. The molecule has 1 nitrogen and oxygen atoms in total. The highest BCUT2D eigenvalue weighted by Crippen LogP contribution is 2.52. The van der Waals surface area contributed by atoms with E-state index in [1.54, 1.807) is 0 Å². The zero-order valence-electron chi connectivity index (χ0n) is 11.0. The van der Waals surface area contributed by atoms with Crippen molar-refractivity contribution in [3.63, 3.8) is 0 Å². The Bertz CT molecular complexity index is 376. The molecule has 1 aromatic carbocycles. The third-order valence-corrected chi connectivity index (χ3v) is 4.01. The summed E-state index contributed by atoms with van der Waals surface area (Å²) in [5.41, 5.74) is 3.18. The smallest absolute Gasteiger partial charge is 0.0164 e. The number of hydrogen-bond donors (Lipinski definition) is 1. The van der Waals surface area contributed by atoms with Crippen LogP contribution in [-0.4, -0.2) is 13.1 Å². The van der Waals surface area contributed by atoms with Crippen LogP contribution in [0.2, 0.25) is 0 Å². The average Bonchev–Trinajstić information content (AvgIpc) is 3.12. The summed E-state index contributed by atoms with van der Waals surface area (Å²) >= 11 is 0. The molecular weight excluding hydrogens is 206 g/mol. The fourth-order valence-corrected chi connectivity index (χ4v) is 2.83. The molecule has 1 atom stereocenters. The molecule has 2 rings (SSSR count). The van der Waals surface area contributed by atoms with Crippen molar-refractivity contribution in [1.82, 2.24) is 5.32 Å². The van der Waals surface area contributed by atoms with E-state index in [9.17, 15) is 0 Å². The molecule has 0 heterocycles. The Kier molecular flexibility index (Phi) is 3.68. The van der Waals surface area contributed by atoms with Gasteiger partial charge in [0.05, 0.1) is 0 Å². The van der Waals surface area contributed by atoms with Crippen LogP contribution in [-0.2, 0) is 5.41 Å². The monoisotopic (exact) mass is 229 g/mol. The first kappa shape index (κ1) is 12.4. The molecule has 1 aliphatic rings. The molecule has 92 valence electrons. The van der Waals surface area contributed by atoms with E-state index in [0.717, 1.165) is 6.42 Å². The van der Waals surface area contributed by atoms with Crippen LogP contribution in [0.3, 0.4) is 0 Å². The van der Waals surface area contributed by atoms with Crippen molar-refractivity contribution < 1.29 is 0 Å². The predicted molar refractivity (Wildman–Crippen MR) is 74.2 cm³/mol. The molecule has 0 amide bonds. The van der Waals surface area contributed by atoms with E-state index in [-0.39, 0.29) is 0 Å². The maximum absolute atomic E-state index is 4.01. The third kappa shape index (κ3) is 2.61. The van der Waals surface area contributed by atoms with Gasteiger partial charge in [-0.1, -0.05) is 35.9 Å². The fraction of sp³-hybridized carbons (Fsp3) is 0.500. The van der Waals surface area contributed by atoms with Gasteiger partial charge in [-0.05, 0) is 45.2 Å². The van der Waals surface area contributed by atoms with Crippen LogP contribution in [0.4, 0.5) is 0 Å². The SMILES string of the molecule is C=C(C)CCC(NC)C1(c2ccccc2)CC1.